The van der Waals surface area contributed by atoms with Crippen LogP contribution < -0.4 is 0 Å². The second-order valence-corrected chi connectivity index (χ2v) is 14.9. The highest BCUT2D eigenvalue weighted by Gasteiger charge is 2.32. The van der Waals surface area contributed by atoms with E-state index in [1.807, 2.05) is 12.2 Å². The van der Waals surface area contributed by atoms with Crippen LogP contribution in [0.2, 0.25) is 0 Å². The molecule has 0 aromatic rings. The van der Waals surface area contributed by atoms with Gasteiger partial charge in [-0.05, 0) is 98.2 Å². The van der Waals surface area contributed by atoms with E-state index in [-0.39, 0.29) is 23.7 Å². The normalized spacial score (nSPS) is 28.3. The topological polar surface area (TPSA) is 65.0 Å². The van der Waals surface area contributed by atoms with E-state index in [1.54, 1.807) is 0 Å². The number of rotatable bonds is 15. The SMILES string of the molecule is CCCC(C)C1CC=C(C(=O)C(C)C(C)CCC2COCCO2)C(C)=C1C=NCC1CCCC(CC(=O)C2=CCC(Cl)=CC2)C1. The number of ketones is 2. The lowest BCUT2D eigenvalue weighted by atomic mass is 9.73. The van der Waals surface area contributed by atoms with Gasteiger partial charge < -0.3 is 9.47 Å². The number of aliphatic imine (C=N–C) groups is 1. The van der Waals surface area contributed by atoms with Crippen LogP contribution in [0.3, 0.4) is 0 Å². The van der Waals surface area contributed by atoms with Gasteiger partial charge in [0.25, 0.3) is 0 Å². The van der Waals surface area contributed by atoms with Crippen molar-refractivity contribution in [3.8, 4) is 0 Å². The molecular formula is C39H58ClNO4. The summed E-state index contributed by atoms with van der Waals surface area (Å²) in [5, 5.41) is 0.837. The van der Waals surface area contributed by atoms with Gasteiger partial charge in [-0.2, -0.15) is 0 Å². The third kappa shape index (κ3) is 10.3. The van der Waals surface area contributed by atoms with Crippen LogP contribution in [0.1, 0.15) is 112 Å². The zero-order chi connectivity index (χ0) is 32.3. The third-order valence-electron chi connectivity index (χ3n) is 11.0. The fourth-order valence-electron chi connectivity index (χ4n) is 7.82. The Kier molecular flexibility index (Phi) is 14.3. The van der Waals surface area contributed by atoms with Gasteiger partial charge in [0.1, 0.15) is 0 Å². The highest BCUT2D eigenvalue weighted by atomic mass is 35.5. The summed E-state index contributed by atoms with van der Waals surface area (Å²) in [5.41, 5.74) is 4.21. The maximum atomic E-state index is 13.9. The standard InChI is InChI=1S/C39H58ClNO4/c1-6-8-27(3)35-17-18-36(39(43)28(4)26(2)11-16-34-25-44-19-20-45-34)29(5)37(35)24-41-23-31-10-7-9-30(21-31)22-38(42)32-12-14-33(40)15-13-32/h12,15,18,24,26-28,30-31,34-35H,6-11,13-14,16-17,19-23,25H2,1-5H3. The number of allylic oxidation sites excluding steroid dienone is 8. The number of carbonyl (C=O) groups is 2. The number of hydrogen-bond acceptors (Lipinski definition) is 5. The third-order valence-corrected chi connectivity index (χ3v) is 11.3. The molecule has 4 rings (SSSR count). The minimum Gasteiger partial charge on any atom is -0.376 e. The highest BCUT2D eigenvalue weighted by molar-refractivity contribution is 6.29. The molecule has 0 radical (unpaired) electrons. The van der Waals surface area contributed by atoms with Gasteiger partial charge in [0.05, 0.1) is 25.9 Å². The summed E-state index contributed by atoms with van der Waals surface area (Å²) in [7, 11) is 0. The molecule has 45 heavy (non-hydrogen) atoms. The minimum absolute atomic E-state index is 0.0437. The van der Waals surface area contributed by atoms with Crippen molar-refractivity contribution in [1.82, 2.24) is 0 Å². The molecule has 1 saturated carbocycles. The Morgan fingerprint density at radius 3 is 2.58 bits per heavy atom. The number of ether oxygens (including phenoxy) is 2. The molecule has 7 unspecified atom stereocenters. The zero-order valence-corrected chi connectivity index (χ0v) is 29.4. The zero-order valence-electron chi connectivity index (χ0n) is 28.6. The predicted octanol–water partition coefficient (Wildman–Crippen LogP) is 9.40. The molecule has 0 spiro atoms. The molecule has 0 aromatic carbocycles. The number of Topliss-reactive ketones (excluding diaryl/α,β-unsaturated/α-hetero) is 2. The van der Waals surface area contributed by atoms with Gasteiger partial charge in [-0.3, -0.25) is 14.6 Å². The molecule has 1 aliphatic heterocycles. The molecule has 0 bridgehead atoms. The van der Waals surface area contributed by atoms with E-state index in [2.05, 4.69) is 46.9 Å². The average Bonchev–Trinajstić information content (AvgIpc) is 3.04. The molecule has 0 amide bonds. The van der Waals surface area contributed by atoms with Crippen LogP contribution in [-0.4, -0.2) is 50.3 Å². The molecule has 1 heterocycles. The Balaban J connectivity index is 1.38. The van der Waals surface area contributed by atoms with Gasteiger partial charge in [0.2, 0.25) is 0 Å². The van der Waals surface area contributed by atoms with E-state index in [0.29, 0.717) is 68.5 Å². The second-order valence-electron chi connectivity index (χ2n) is 14.4. The fraction of sp³-hybridized carbons (Fsp3) is 0.718. The van der Waals surface area contributed by atoms with Crippen LogP contribution in [0.4, 0.5) is 0 Å². The number of carbonyl (C=O) groups excluding carboxylic acids is 2. The first-order valence-corrected chi connectivity index (χ1v) is 18.3. The maximum Gasteiger partial charge on any atom is 0.165 e. The van der Waals surface area contributed by atoms with E-state index in [9.17, 15) is 9.59 Å². The van der Waals surface area contributed by atoms with Gasteiger partial charge in [0, 0.05) is 42.1 Å². The predicted molar refractivity (Wildman–Crippen MR) is 186 cm³/mol. The van der Waals surface area contributed by atoms with E-state index in [0.717, 1.165) is 73.2 Å². The first-order chi connectivity index (χ1) is 21.7. The van der Waals surface area contributed by atoms with Crippen molar-refractivity contribution in [3.63, 3.8) is 0 Å². The van der Waals surface area contributed by atoms with Crippen molar-refractivity contribution in [2.45, 2.75) is 118 Å². The molecule has 3 aliphatic carbocycles. The Bertz CT molecular complexity index is 1170. The van der Waals surface area contributed by atoms with Crippen molar-refractivity contribution in [1.29, 1.82) is 0 Å². The maximum absolute atomic E-state index is 13.9. The molecule has 5 nitrogen and oxygen atoms in total. The fourth-order valence-corrected chi connectivity index (χ4v) is 7.97. The average molecular weight is 640 g/mol. The first kappa shape index (κ1) is 36.0. The highest BCUT2D eigenvalue weighted by Crippen LogP contribution is 2.38. The molecule has 4 aliphatic rings. The lowest BCUT2D eigenvalue weighted by molar-refractivity contribution is -0.120. The van der Waals surface area contributed by atoms with Crippen LogP contribution in [0.15, 0.2) is 50.5 Å². The molecule has 0 aromatic heterocycles. The van der Waals surface area contributed by atoms with Crippen molar-refractivity contribution in [2.24, 2.45) is 40.5 Å². The van der Waals surface area contributed by atoms with Gasteiger partial charge in [-0.1, -0.05) is 76.8 Å². The smallest absolute Gasteiger partial charge is 0.165 e. The molecule has 7 atom stereocenters. The monoisotopic (exact) mass is 639 g/mol. The van der Waals surface area contributed by atoms with Crippen LogP contribution in [0, 0.1) is 35.5 Å². The summed E-state index contributed by atoms with van der Waals surface area (Å²) < 4.78 is 11.4. The first-order valence-electron chi connectivity index (χ1n) is 17.9. The van der Waals surface area contributed by atoms with Crippen molar-refractivity contribution in [3.05, 3.63) is 45.6 Å². The summed E-state index contributed by atoms with van der Waals surface area (Å²) >= 11 is 6.10. The number of nitrogens with zero attached hydrogens (tertiary/aromatic N) is 1. The summed E-state index contributed by atoms with van der Waals surface area (Å²) in [6, 6.07) is 0. The lowest BCUT2D eigenvalue weighted by Gasteiger charge is -2.31. The van der Waals surface area contributed by atoms with E-state index in [4.69, 9.17) is 26.1 Å². The van der Waals surface area contributed by atoms with Crippen LogP contribution in [-0.2, 0) is 19.1 Å². The van der Waals surface area contributed by atoms with Crippen molar-refractivity contribution in [2.75, 3.05) is 26.4 Å². The molecule has 2 fully saturated rings. The van der Waals surface area contributed by atoms with Gasteiger partial charge in [0.15, 0.2) is 11.6 Å². The second kappa shape index (κ2) is 17.9. The molecule has 1 saturated heterocycles. The van der Waals surface area contributed by atoms with E-state index in [1.165, 1.54) is 18.4 Å². The van der Waals surface area contributed by atoms with Gasteiger partial charge in [-0.25, -0.2) is 0 Å². The van der Waals surface area contributed by atoms with Crippen molar-refractivity contribution >= 4 is 29.4 Å². The Labute approximate surface area is 278 Å². The number of halogens is 1. The Hall–Kier alpha value is -1.82. The summed E-state index contributed by atoms with van der Waals surface area (Å²) in [5.74, 6) is 2.67. The molecular weight excluding hydrogens is 582 g/mol. The van der Waals surface area contributed by atoms with Crippen molar-refractivity contribution < 1.29 is 19.1 Å². The van der Waals surface area contributed by atoms with Crippen LogP contribution in [0.5, 0.6) is 0 Å². The van der Waals surface area contributed by atoms with E-state index >= 15 is 0 Å². The lowest BCUT2D eigenvalue weighted by Crippen LogP contribution is -2.30. The molecule has 0 N–H and O–H groups in total. The summed E-state index contributed by atoms with van der Waals surface area (Å²) in [6.07, 6.45) is 20.1. The number of hydrogen-bond donors (Lipinski definition) is 0. The summed E-state index contributed by atoms with van der Waals surface area (Å²) in [4.78, 5) is 31.9. The van der Waals surface area contributed by atoms with Gasteiger partial charge in [-0.15, -0.1) is 0 Å². The van der Waals surface area contributed by atoms with Crippen LogP contribution in [0.25, 0.3) is 0 Å². The summed E-state index contributed by atoms with van der Waals surface area (Å²) in [6.45, 7) is 13.9. The minimum atomic E-state index is -0.0437. The molecule has 6 heteroatoms. The Morgan fingerprint density at radius 1 is 1.07 bits per heavy atom. The largest absolute Gasteiger partial charge is 0.376 e. The quantitative estimate of drug-likeness (QED) is 0.167. The van der Waals surface area contributed by atoms with E-state index < -0.39 is 0 Å². The van der Waals surface area contributed by atoms with Gasteiger partial charge >= 0.3 is 0 Å². The van der Waals surface area contributed by atoms with Crippen LogP contribution >= 0.6 is 11.6 Å². The Morgan fingerprint density at radius 2 is 1.87 bits per heavy atom. The molecule has 250 valence electrons.